The standard InChI is InChI=1S/C17H28N2O/c1-14-7-9-17(10-8-14)20-13-15(2)18-12-16-6-4-5-11-19(16)3/h7-10,15-16,18H,4-6,11-13H2,1-3H3. The Morgan fingerprint density at radius 1 is 1.30 bits per heavy atom. The van der Waals surface area contributed by atoms with Gasteiger partial charge >= 0.3 is 0 Å². The summed E-state index contributed by atoms with van der Waals surface area (Å²) in [6, 6.07) is 9.32. The number of aryl methyl sites for hydroxylation is 1. The fourth-order valence-electron chi connectivity index (χ4n) is 2.65. The lowest BCUT2D eigenvalue weighted by Crippen LogP contribution is -2.46. The van der Waals surface area contributed by atoms with Crippen LogP contribution in [0.2, 0.25) is 0 Å². The van der Waals surface area contributed by atoms with E-state index in [9.17, 15) is 0 Å². The van der Waals surface area contributed by atoms with Crippen LogP contribution in [-0.2, 0) is 0 Å². The molecule has 112 valence electrons. The molecule has 1 saturated heterocycles. The van der Waals surface area contributed by atoms with Gasteiger partial charge in [-0.3, -0.25) is 0 Å². The summed E-state index contributed by atoms with van der Waals surface area (Å²) in [7, 11) is 2.24. The van der Waals surface area contributed by atoms with Crippen LogP contribution in [-0.4, -0.2) is 43.7 Å². The molecule has 2 unspecified atom stereocenters. The quantitative estimate of drug-likeness (QED) is 0.864. The predicted octanol–water partition coefficient (Wildman–Crippen LogP) is 2.84. The first kappa shape index (κ1) is 15.3. The Kier molecular flexibility index (Phi) is 5.86. The van der Waals surface area contributed by atoms with Crippen molar-refractivity contribution in [3.63, 3.8) is 0 Å². The van der Waals surface area contributed by atoms with Gasteiger partial charge in [0.2, 0.25) is 0 Å². The normalized spacial score (nSPS) is 21.6. The van der Waals surface area contributed by atoms with Gasteiger partial charge < -0.3 is 15.0 Å². The lowest BCUT2D eigenvalue weighted by atomic mass is 10.0. The Hall–Kier alpha value is -1.06. The summed E-state index contributed by atoms with van der Waals surface area (Å²) in [6.45, 7) is 7.31. The minimum atomic E-state index is 0.381. The molecule has 1 aromatic carbocycles. The van der Waals surface area contributed by atoms with Crippen molar-refractivity contribution < 1.29 is 4.74 Å². The molecule has 1 aliphatic rings. The highest BCUT2D eigenvalue weighted by molar-refractivity contribution is 5.26. The summed E-state index contributed by atoms with van der Waals surface area (Å²) in [4.78, 5) is 2.48. The molecule has 3 nitrogen and oxygen atoms in total. The molecule has 1 aliphatic heterocycles. The molecule has 1 heterocycles. The first-order valence-corrected chi connectivity index (χ1v) is 7.78. The molecule has 0 radical (unpaired) electrons. The molecule has 1 aromatic rings. The highest BCUT2D eigenvalue weighted by Crippen LogP contribution is 2.14. The number of piperidine rings is 1. The van der Waals surface area contributed by atoms with Gasteiger partial charge in [-0.2, -0.15) is 0 Å². The molecular formula is C17H28N2O. The Bertz CT molecular complexity index is 390. The minimum absolute atomic E-state index is 0.381. The SMILES string of the molecule is Cc1ccc(OCC(C)NCC2CCCCN2C)cc1. The lowest BCUT2D eigenvalue weighted by Gasteiger charge is -2.33. The van der Waals surface area contributed by atoms with Crippen LogP contribution in [0.4, 0.5) is 0 Å². The monoisotopic (exact) mass is 276 g/mol. The van der Waals surface area contributed by atoms with Gasteiger partial charge in [0.25, 0.3) is 0 Å². The van der Waals surface area contributed by atoms with E-state index in [0.29, 0.717) is 12.1 Å². The Morgan fingerprint density at radius 2 is 2.05 bits per heavy atom. The number of nitrogens with one attached hydrogen (secondary N) is 1. The second kappa shape index (κ2) is 7.65. The fourth-order valence-corrected chi connectivity index (χ4v) is 2.65. The molecule has 20 heavy (non-hydrogen) atoms. The van der Waals surface area contributed by atoms with Gasteiger partial charge in [0.15, 0.2) is 0 Å². The van der Waals surface area contributed by atoms with Crippen LogP contribution in [0, 0.1) is 6.92 Å². The summed E-state index contributed by atoms with van der Waals surface area (Å²) < 4.78 is 5.81. The second-order valence-corrected chi connectivity index (χ2v) is 6.06. The number of hydrogen-bond donors (Lipinski definition) is 1. The molecule has 2 rings (SSSR count). The molecule has 0 bridgehead atoms. The van der Waals surface area contributed by atoms with Gasteiger partial charge in [-0.25, -0.2) is 0 Å². The first-order chi connectivity index (χ1) is 9.65. The van der Waals surface area contributed by atoms with Crippen LogP contribution in [0.1, 0.15) is 31.7 Å². The third kappa shape index (κ3) is 4.80. The van der Waals surface area contributed by atoms with Crippen LogP contribution < -0.4 is 10.1 Å². The van der Waals surface area contributed by atoms with Crippen LogP contribution in [0.5, 0.6) is 5.75 Å². The largest absolute Gasteiger partial charge is 0.492 e. The van der Waals surface area contributed by atoms with E-state index in [1.807, 2.05) is 12.1 Å². The summed E-state index contributed by atoms with van der Waals surface area (Å²) in [5.41, 5.74) is 1.27. The second-order valence-electron chi connectivity index (χ2n) is 6.06. The third-order valence-corrected chi connectivity index (χ3v) is 4.14. The number of nitrogens with zero attached hydrogens (tertiary/aromatic N) is 1. The highest BCUT2D eigenvalue weighted by atomic mass is 16.5. The van der Waals surface area contributed by atoms with E-state index in [1.165, 1.54) is 31.4 Å². The molecule has 0 aliphatic carbocycles. The van der Waals surface area contributed by atoms with Gasteiger partial charge in [-0.1, -0.05) is 24.1 Å². The number of benzene rings is 1. The van der Waals surface area contributed by atoms with Crippen molar-refractivity contribution in [3.05, 3.63) is 29.8 Å². The van der Waals surface area contributed by atoms with Crippen molar-refractivity contribution in [2.45, 2.75) is 45.2 Å². The summed E-state index contributed by atoms with van der Waals surface area (Å²) >= 11 is 0. The molecule has 0 aromatic heterocycles. The Balaban J connectivity index is 1.67. The molecule has 1 fully saturated rings. The predicted molar refractivity (Wildman–Crippen MR) is 84.4 cm³/mol. The molecule has 0 spiro atoms. The molecular weight excluding hydrogens is 248 g/mol. The topological polar surface area (TPSA) is 24.5 Å². The number of hydrogen-bond acceptors (Lipinski definition) is 3. The fraction of sp³-hybridized carbons (Fsp3) is 0.647. The van der Waals surface area contributed by atoms with E-state index in [4.69, 9.17) is 4.74 Å². The first-order valence-electron chi connectivity index (χ1n) is 7.78. The van der Waals surface area contributed by atoms with Gasteiger partial charge in [0.05, 0.1) is 0 Å². The summed E-state index contributed by atoms with van der Waals surface area (Å²) in [5.74, 6) is 0.957. The maximum Gasteiger partial charge on any atom is 0.119 e. The van der Waals surface area contributed by atoms with E-state index in [0.717, 1.165) is 18.9 Å². The third-order valence-electron chi connectivity index (χ3n) is 4.14. The summed E-state index contributed by atoms with van der Waals surface area (Å²) in [6.07, 6.45) is 4.03. The van der Waals surface area contributed by atoms with Crippen molar-refractivity contribution in [1.82, 2.24) is 10.2 Å². The van der Waals surface area contributed by atoms with Crippen LogP contribution in [0.15, 0.2) is 24.3 Å². The van der Waals surface area contributed by atoms with Crippen LogP contribution in [0.3, 0.4) is 0 Å². The van der Waals surface area contributed by atoms with Gasteiger partial charge in [0.1, 0.15) is 12.4 Å². The van der Waals surface area contributed by atoms with Gasteiger partial charge in [-0.05, 0) is 52.4 Å². The van der Waals surface area contributed by atoms with E-state index in [-0.39, 0.29) is 0 Å². The van der Waals surface area contributed by atoms with Crippen LogP contribution in [0.25, 0.3) is 0 Å². The highest BCUT2D eigenvalue weighted by Gasteiger charge is 2.18. The smallest absolute Gasteiger partial charge is 0.119 e. The zero-order valence-electron chi connectivity index (χ0n) is 13.1. The summed E-state index contributed by atoms with van der Waals surface area (Å²) in [5, 5.41) is 3.60. The Labute approximate surface area is 123 Å². The molecule has 0 amide bonds. The van der Waals surface area contributed by atoms with Crippen LogP contribution >= 0.6 is 0 Å². The van der Waals surface area contributed by atoms with E-state index < -0.39 is 0 Å². The minimum Gasteiger partial charge on any atom is -0.492 e. The zero-order chi connectivity index (χ0) is 14.4. The number of likely N-dealkylation sites (tertiary alicyclic amines) is 1. The lowest BCUT2D eigenvalue weighted by molar-refractivity contribution is 0.172. The maximum atomic E-state index is 5.81. The molecule has 3 heteroatoms. The number of rotatable bonds is 6. The van der Waals surface area contributed by atoms with Crippen molar-refractivity contribution in [3.8, 4) is 5.75 Å². The van der Waals surface area contributed by atoms with E-state index in [1.54, 1.807) is 0 Å². The number of likely N-dealkylation sites (N-methyl/N-ethyl adjacent to an activating group) is 1. The zero-order valence-corrected chi connectivity index (χ0v) is 13.1. The average Bonchev–Trinajstić information content (AvgIpc) is 2.46. The van der Waals surface area contributed by atoms with E-state index in [2.05, 4.69) is 43.2 Å². The number of ether oxygens (including phenoxy) is 1. The molecule has 1 N–H and O–H groups in total. The maximum absolute atomic E-state index is 5.81. The van der Waals surface area contributed by atoms with Crippen molar-refractivity contribution >= 4 is 0 Å². The van der Waals surface area contributed by atoms with Gasteiger partial charge in [-0.15, -0.1) is 0 Å². The average molecular weight is 276 g/mol. The molecule has 2 atom stereocenters. The Morgan fingerprint density at radius 3 is 2.75 bits per heavy atom. The van der Waals surface area contributed by atoms with Gasteiger partial charge in [0, 0.05) is 18.6 Å². The van der Waals surface area contributed by atoms with Crippen molar-refractivity contribution in [2.24, 2.45) is 0 Å². The van der Waals surface area contributed by atoms with E-state index >= 15 is 0 Å². The molecule has 0 saturated carbocycles. The van der Waals surface area contributed by atoms with Crippen molar-refractivity contribution in [1.29, 1.82) is 0 Å². The van der Waals surface area contributed by atoms with Crippen molar-refractivity contribution in [2.75, 3.05) is 26.7 Å².